The quantitative estimate of drug-likeness (QED) is 0.475. The number of anilines is 1. The molecule has 0 aliphatic carbocycles. The van der Waals surface area contributed by atoms with E-state index >= 15 is 0 Å². The second-order valence-corrected chi connectivity index (χ2v) is 7.86. The van der Waals surface area contributed by atoms with Crippen LogP contribution < -0.4 is 21.3 Å². The lowest BCUT2D eigenvalue weighted by Crippen LogP contribution is -2.42. The van der Waals surface area contributed by atoms with Crippen LogP contribution in [0.5, 0.6) is 5.75 Å². The highest BCUT2D eigenvalue weighted by atomic mass is 16.5. The summed E-state index contributed by atoms with van der Waals surface area (Å²) in [6.07, 6.45) is 0.535. The Labute approximate surface area is 190 Å². The van der Waals surface area contributed by atoms with Crippen molar-refractivity contribution in [3.05, 3.63) is 105 Å². The molecule has 7 nitrogen and oxygen atoms in total. The minimum Gasteiger partial charge on any atom is -0.497 e. The molecular formula is C26H25N3O4. The Morgan fingerprint density at radius 2 is 1.70 bits per heavy atom. The zero-order chi connectivity index (χ0) is 23.4. The van der Waals surface area contributed by atoms with Gasteiger partial charge in [-0.3, -0.25) is 18.7 Å². The number of methoxy groups -OCH3 is 1. The largest absolute Gasteiger partial charge is 0.497 e. The van der Waals surface area contributed by atoms with E-state index in [9.17, 15) is 14.4 Å². The van der Waals surface area contributed by atoms with Gasteiger partial charge in [0.1, 0.15) is 12.3 Å². The van der Waals surface area contributed by atoms with Crippen LogP contribution in [0.2, 0.25) is 0 Å². The van der Waals surface area contributed by atoms with Crippen molar-refractivity contribution < 1.29 is 9.53 Å². The maximum Gasteiger partial charge on any atom is 0.331 e. The third kappa shape index (κ3) is 4.87. The highest BCUT2D eigenvalue weighted by molar-refractivity contribution is 5.91. The van der Waals surface area contributed by atoms with Crippen LogP contribution in [0.3, 0.4) is 0 Å². The molecule has 33 heavy (non-hydrogen) atoms. The highest BCUT2D eigenvalue weighted by Crippen LogP contribution is 2.15. The molecule has 0 bridgehead atoms. The van der Waals surface area contributed by atoms with E-state index in [1.54, 1.807) is 55.6 Å². The summed E-state index contributed by atoms with van der Waals surface area (Å²) in [6, 6.07) is 21.7. The van der Waals surface area contributed by atoms with Crippen molar-refractivity contribution in [2.24, 2.45) is 0 Å². The summed E-state index contributed by atoms with van der Waals surface area (Å²) in [5.41, 5.74) is 2.32. The second-order valence-electron chi connectivity index (χ2n) is 7.86. The van der Waals surface area contributed by atoms with E-state index in [2.05, 4.69) is 5.32 Å². The summed E-state index contributed by atoms with van der Waals surface area (Å²) in [7, 11) is 1.57. The number of fused-ring (bicyclic) bond motifs is 1. The van der Waals surface area contributed by atoms with Crippen LogP contribution in [0.25, 0.3) is 10.9 Å². The first-order chi connectivity index (χ1) is 16.0. The fourth-order valence-corrected chi connectivity index (χ4v) is 3.85. The summed E-state index contributed by atoms with van der Waals surface area (Å²) in [5, 5.41) is 3.19. The van der Waals surface area contributed by atoms with Gasteiger partial charge in [0.25, 0.3) is 5.56 Å². The van der Waals surface area contributed by atoms with E-state index in [4.69, 9.17) is 4.74 Å². The van der Waals surface area contributed by atoms with Crippen molar-refractivity contribution in [2.75, 3.05) is 12.4 Å². The molecule has 1 heterocycles. The van der Waals surface area contributed by atoms with Crippen LogP contribution in [0.4, 0.5) is 5.69 Å². The molecular weight excluding hydrogens is 418 g/mol. The highest BCUT2D eigenvalue weighted by Gasteiger charge is 2.15. The number of aromatic nitrogens is 2. The molecule has 3 aromatic carbocycles. The smallest absolute Gasteiger partial charge is 0.331 e. The third-order valence-corrected chi connectivity index (χ3v) is 5.51. The SMILES string of the molecule is COc1ccc(NC(=O)Cn2c(=O)n(CCc3cccc(C)c3)c(=O)c3ccccc32)cc1. The Hall–Kier alpha value is -4.13. The van der Waals surface area contributed by atoms with Gasteiger partial charge in [-0.05, 0) is 55.3 Å². The fourth-order valence-electron chi connectivity index (χ4n) is 3.85. The standard InChI is InChI=1S/C26H25N3O4/c1-18-6-5-7-19(16-18)14-15-28-25(31)22-8-3-4-9-23(22)29(26(28)32)17-24(30)27-20-10-12-21(33-2)13-11-20/h3-13,16H,14-15,17H2,1-2H3,(H,27,30). The third-order valence-electron chi connectivity index (χ3n) is 5.51. The van der Waals surface area contributed by atoms with Gasteiger partial charge >= 0.3 is 5.69 Å². The average Bonchev–Trinajstić information content (AvgIpc) is 2.82. The predicted molar refractivity (Wildman–Crippen MR) is 129 cm³/mol. The molecule has 0 unspecified atom stereocenters. The lowest BCUT2D eigenvalue weighted by atomic mass is 10.1. The van der Waals surface area contributed by atoms with Gasteiger partial charge in [-0.25, -0.2) is 4.79 Å². The molecule has 1 aromatic heterocycles. The number of carbonyl (C=O) groups excluding carboxylic acids is 1. The van der Waals surface area contributed by atoms with E-state index in [1.165, 1.54) is 9.13 Å². The van der Waals surface area contributed by atoms with Gasteiger partial charge in [-0.15, -0.1) is 0 Å². The normalized spacial score (nSPS) is 10.8. The number of nitrogens with one attached hydrogen (secondary N) is 1. The van der Waals surface area contributed by atoms with E-state index in [0.29, 0.717) is 28.8 Å². The molecule has 0 radical (unpaired) electrons. The number of amides is 1. The van der Waals surface area contributed by atoms with Crippen LogP contribution >= 0.6 is 0 Å². The molecule has 0 saturated carbocycles. The zero-order valence-electron chi connectivity index (χ0n) is 18.6. The first kappa shape index (κ1) is 22.1. The van der Waals surface area contributed by atoms with Gasteiger partial charge in [0.15, 0.2) is 0 Å². The number of ether oxygens (including phenoxy) is 1. The summed E-state index contributed by atoms with van der Waals surface area (Å²) >= 11 is 0. The van der Waals surface area contributed by atoms with Crippen molar-refractivity contribution in [3.63, 3.8) is 0 Å². The Morgan fingerprint density at radius 1 is 0.939 bits per heavy atom. The van der Waals surface area contributed by atoms with Crippen molar-refractivity contribution in [1.82, 2.24) is 9.13 Å². The molecule has 0 fully saturated rings. The molecule has 1 amide bonds. The minimum absolute atomic E-state index is 0.212. The van der Waals surface area contributed by atoms with Crippen molar-refractivity contribution in [1.29, 1.82) is 0 Å². The van der Waals surface area contributed by atoms with Gasteiger partial charge in [0.05, 0.1) is 18.0 Å². The van der Waals surface area contributed by atoms with Crippen LogP contribution in [-0.4, -0.2) is 22.2 Å². The lowest BCUT2D eigenvalue weighted by molar-refractivity contribution is -0.116. The molecule has 7 heteroatoms. The van der Waals surface area contributed by atoms with E-state index in [0.717, 1.165) is 11.1 Å². The monoisotopic (exact) mass is 443 g/mol. The Bertz CT molecular complexity index is 1420. The first-order valence-electron chi connectivity index (χ1n) is 10.7. The molecule has 0 aliphatic rings. The van der Waals surface area contributed by atoms with Gasteiger partial charge < -0.3 is 10.1 Å². The number of rotatable bonds is 7. The Kier molecular flexibility index (Phi) is 6.40. The van der Waals surface area contributed by atoms with Gasteiger partial charge in [-0.2, -0.15) is 0 Å². The van der Waals surface area contributed by atoms with Crippen molar-refractivity contribution in [2.45, 2.75) is 26.4 Å². The molecule has 1 N–H and O–H groups in total. The maximum absolute atomic E-state index is 13.3. The first-order valence-corrected chi connectivity index (χ1v) is 10.7. The Morgan fingerprint density at radius 3 is 2.42 bits per heavy atom. The predicted octanol–water partition coefficient (Wildman–Crippen LogP) is 3.36. The zero-order valence-corrected chi connectivity index (χ0v) is 18.6. The molecule has 0 aliphatic heterocycles. The lowest BCUT2D eigenvalue weighted by Gasteiger charge is -2.14. The molecule has 0 spiro atoms. The number of para-hydroxylation sites is 1. The van der Waals surface area contributed by atoms with Crippen LogP contribution in [0, 0.1) is 6.92 Å². The van der Waals surface area contributed by atoms with Crippen molar-refractivity contribution >= 4 is 22.5 Å². The summed E-state index contributed by atoms with van der Waals surface area (Å²) in [6.45, 7) is 2.02. The molecule has 0 saturated heterocycles. The molecule has 0 atom stereocenters. The number of carbonyl (C=O) groups is 1. The minimum atomic E-state index is -0.503. The van der Waals surface area contributed by atoms with Gasteiger partial charge in [0.2, 0.25) is 5.91 Å². The van der Waals surface area contributed by atoms with Crippen LogP contribution in [0.15, 0.2) is 82.4 Å². The van der Waals surface area contributed by atoms with Gasteiger partial charge in [0, 0.05) is 12.2 Å². The van der Waals surface area contributed by atoms with Crippen molar-refractivity contribution in [3.8, 4) is 5.75 Å². The van der Waals surface area contributed by atoms with Gasteiger partial charge in [-0.1, -0.05) is 42.0 Å². The number of benzene rings is 3. The van der Waals surface area contributed by atoms with E-state index in [-0.39, 0.29) is 24.6 Å². The summed E-state index contributed by atoms with van der Waals surface area (Å²) in [5.74, 6) is 0.312. The average molecular weight is 444 g/mol. The fraction of sp³-hybridized carbons (Fsp3) is 0.192. The Balaban J connectivity index is 1.65. The second kappa shape index (κ2) is 9.56. The van der Waals surface area contributed by atoms with E-state index in [1.807, 2.05) is 31.2 Å². The molecule has 168 valence electrons. The summed E-state index contributed by atoms with van der Waals surface area (Å²) in [4.78, 5) is 39.1. The summed E-state index contributed by atoms with van der Waals surface area (Å²) < 4.78 is 7.70. The maximum atomic E-state index is 13.3. The number of nitrogens with zero attached hydrogens (tertiary/aromatic N) is 2. The number of hydrogen-bond acceptors (Lipinski definition) is 4. The van der Waals surface area contributed by atoms with Crippen LogP contribution in [-0.2, 0) is 24.3 Å². The van der Waals surface area contributed by atoms with E-state index < -0.39 is 5.69 Å². The topological polar surface area (TPSA) is 82.3 Å². The number of hydrogen-bond donors (Lipinski definition) is 1. The molecule has 4 aromatic rings. The molecule has 4 rings (SSSR count). The van der Waals surface area contributed by atoms with Crippen LogP contribution in [0.1, 0.15) is 11.1 Å². The number of aryl methyl sites for hydroxylation is 2.